The maximum atomic E-state index is 9.27. The van der Waals surface area contributed by atoms with Gasteiger partial charge in [-0.1, -0.05) is 6.92 Å². The SMILES string of the molecule is C[C@H]1CCN(c2n[nH]c3nc([C@H]4CC[C@@H](CN)CC4)cnc23)c2ccc(C#N)cc21. The highest BCUT2D eigenvalue weighted by atomic mass is 15.3. The van der Waals surface area contributed by atoms with Crippen molar-refractivity contribution in [1.29, 1.82) is 5.26 Å². The number of hydrogen-bond acceptors (Lipinski definition) is 6. The van der Waals surface area contributed by atoms with Gasteiger partial charge in [0.25, 0.3) is 0 Å². The predicted octanol–water partition coefficient (Wildman–Crippen LogP) is 4.10. The van der Waals surface area contributed by atoms with Crippen LogP contribution < -0.4 is 10.6 Å². The highest BCUT2D eigenvalue weighted by molar-refractivity contribution is 5.87. The van der Waals surface area contributed by atoms with Crippen LogP contribution in [0.1, 0.15) is 67.7 Å². The molecule has 1 fully saturated rings. The number of hydrogen-bond donors (Lipinski definition) is 2. The number of aromatic nitrogens is 4. The van der Waals surface area contributed by atoms with Crippen LogP contribution in [0.3, 0.4) is 0 Å². The summed E-state index contributed by atoms with van der Waals surface area (Å²) in [6.45, 7) is 3.87. The van der Waals surface area contributed by atoms with Crippen molar-refractivity contribution in [1.82, 2.24) is 20.2 Å². The number of anilines is 2. The zero-order valence-electron chi connectivity index (χ0n) is 17.3. The van der Waals surface area contributed by atoms with Crippen molar-refractivity contribution in [2.45, 2.75) is 50.9 Å². The minimum Gasteiger partial charge on any atom is -0.330 e. The molecule has 2 aliphatic rings. The number of benzene rings is 1. The average Bonchev–Trinajstić information content (AvgIpc) is 3.22. The number of nitrogens with two attached hydrogens (primary N) is 1. The van der Waals surface area contributed by atoms with E-state index in [9.17, 15) is 5.26 Å². The summed E-state index contributed by atoms with van der Waals surface area (Å²) >= 11 is 0. The zero-order valence-corrected chi connectivity index (χ0v) is 17.3. The lowest BCUT2D eigenvalue weighted by atomic mass is 9.81. The molecule has 1 atom stereocenters. The van der Waals surface area contributed by atoms with Crippen LogP contribution in [0.2, 0.25) is 0 Å². The molecule has 0 amide bonds. The molecule has 0 saturated heterocycles. The summed E-state index contributed by atoms with van der Waals surface area (Å²) in [7, 11) is 0. The molecule has 0 spiro atoms. The second-order valence-electron chi connectivity index (χ2n) is 8.72. The number of nitrogens with one attached hydrogen (secondary N) is 1. The molecule has 0 bridgehead atoms. The van der Waals surface area contributed by atoms with Gasteiger partial charge in [0.15, 0.2) is 17.0 Å². The van der Waals surface area contributed by atoms with E-state index in [4.69, 9.17) is 15.7 Å². The van der Waals surface area contributed by atoms with Crippen molar-refractivity contribution >= 4 is 22.7 Å². The summed E-state index contributed by atoms with van der Waals surface area (Å²) in [4.78, 5) is 11.9. The molecule has 30 heavy (non-hydrogen) atoms. The Hall–Kier alpha value is -2.98. The van der Waals surface area contributed by atoms with Crippen LogP contribution in [0.25, 0.3) is 11.2 Å². The molecule has 0 unspecified atom stereocenters. The summed E-state index contributed by atoms with van der Waals surface area (Å²) in [6, 6.07) is 8.16. The lowest BCUT2D eigenvalue weighted by Crippen LogP contribution is -2.26. The lowest BCUT2D eigenvalue weighted by molar-refractivity contribution is 0.329. The fourth-order valence-corrected chi connectivity index (χ4v) is 4.97. The highest BCUT2D eigenvalue weighted by Crippen LogP contribution is 2.41. The number of H-pyrrole nitrogens is 1. The molecule has 3 heterocycles. The standard InChI is InChI=1S/C23H27N7/c1-14-8-9-30(20-7-4-16(12-25)10-18(14)20)23-21-22(28-29-23)27-19(13-26-21)17-5-2-15(11-24)3-6-17/h4,7,10,13-15,17H,2-3,5-6,8-9,11,24H2,1H3,(H,27,28,29)/t14-,15-,17+/m0/s1. The molecule has 1 aliphatic carbocycles. The van der Waals surface area contributed by atoms with E-state index in [0.29, 0.717) is 23.3 Å². The van der Waals surface area contributed by atoms with Gasteiger partial charge in [0.05, 0.1) is 17.3 Å². The van der Waals surface area contributed by atoms with Crippen LogP contribution in [0, 0.1) is 17.2 Å². The summed E-state index contributed by atoms with van der Waals surface area (Å²) in [5, 5.41) is 17.0. The normalized spacial score (nSPS) is 23.9. The number of aromatic amines is 1. The van der Waals surface area contributed by atoms with E-state index in [1.54, 1.807) is 0 Å². The van der Waals surface area contributed by atoms with Crippen molar-refractivity contribution in [3.05, 3.63) is 41.2 Å². The first-order valence-corrected chi connectivity index (χ1v) is 10.9. The van der Waals surface area contributed by atoms with E-state index >= 15 is 0 Å². The molecule has 7 heteroatoms. The van der Waals surface area contributed by atoms with Gasteiger partial charge in [-0.15, -0.1) is 0 Å². The second kappa shape index (κ2) is 7.69. The molecule has 2 aromatic heterocycles. The van der Waals surface area contributed by atoms with Crippen LogP contribution in [-0.4, -0.2) is 33.3 Å². The Kier molecular flexibility index (Phi) is 4.87. The third kappa shape index (κ3) is 3.21. The summed E-state index contributed by atoms with van der Waals surface area (Å²) in [5.41, 5.74) is 11.4. The van der Waals surface area contributed by atoms with E-state index < -0.39 is 0 Å². The van der Waals surface area contributed by atoms with Gasteiger partial charge in [0.1, 0.15) is 0 Å². The van der Waals surface area contributed by atoms with Gasteiger partial charge in [0.2, 0.25) is 0 Å². The molecule has 3 N–H and O–H groups in total. The van der Waals surface area contributed by atoms with E-state index in [0.717, 1.165) is 60.7 Å². The number of nitrogens with zero attached hydrogens (tertiary/aromatic N) is 5. The molecule has 5 rings (SSSR count). The Bertz CT molecular complexity index is 1100. The van der Waals surface area contributed by atoms with E-state index in [-0.39, 0.29) is 0 Å². The quantitative estimate of drug-likeness (QED) is 0.684. The van der Waals surface area contributed by atoms with Gasteiger partial charge in [-0.05, 0) is 74.2 Å². The Balaban J connectivity index is 1.47. The predicted molar refractivity (Wildman–Crippen MR) is 117 cm³/mol. The minimum atomic E-state index is 0.413. The van der Waals surface area contributed by atoms with Gasteiger partial charge in [0, 0.05) is 24.3 Å². The highest BCUT2D eigenvalue weighted by Gasteiger charge is 2.28. The van der Waals surface area contributed by atoms with Crippen LogP contribution in [0.15, 0.2) is 24.4 Å². The maximum Gasteiger partial charge on any atom is 0.183 e. The largest absolute Gasteiger partial charge is 0.330 e. The van der Waals surface area contributed by atoms with Crippen LogP contribution in [0.4, 0.5) is 11.5 Å². The summed E-state index contributed by atoms with van der Waals surface area (Å²) in [6.07, 6.45) is 7.53. The van der Waals surface area contributed by atoms with Crippen LogP contribution in [0.5, 0.6) is 0 Å². The first kappa shape index (κ1) is 19.0. The zero-order chi connectivity index (χ0) is 20.7. The molecule has 154 valence electrons. The molecule has 1 aliphatic heterocycles. The van der Waals surface area contributed by atoms with Crippen molar-refractivity contribution in [3.8, 4) is 6.07 Å². The Morgan fingerprint density at radius 2 is 2.07 bits per heavy atom. The molecule has 0 radical (unpaired) electrons. The van der Waals surface area contributed by atoms with Gasteiger partial charge < -0.3 is 10.6 Å². The molecule has 1 saturated carbocycles. The Morgan fingerprint density at radius 3 is 2.83 bits per heavy atom. The maximum absolute atomic E-state index is 9.27. The van der Waals surface area contributed by atoms with E-state index in [1.807, 2.05) is 24.4 Å². The van der Waals surface area contributed by atoms with Crippen molar-refractivity contribution in [3.63, 3.8) is 0 Å². The average molecular weight is 402 g/mol. The third-order valence-corrected chi connectivity index (χ3v) is 6.89. The third-order valence-electron chi connectivity index (χ3n) is 6.89. The smallest absolute Gasteiger partial charge is 0.183 e. The van der Waals surface area contributed by atoms with Crippen molar-refractivity contribution in [2.75, 3.05) is 18.0 Å². The second-order valence-corrected chi connectivity index (χ2v) is 8.72. The minimum absolute atomic E-state index is 0.413. The van der Waals surface area contributed by atoms with Gasteiger partial charge in [-0.25, -0.2) is 9.97 Å². The topological polar surface area (TPSA) is 108 Å². The Morgan fingerprint density at radius 1 is 1.23 bits per heavy atom. The molecular formula is C23H27N7. The molecule has 7 nitrogen and oxygen atoms in total. The number of nitriles is 1. The first-order valence-electron chi connectivity index (χ1n) is 10.9. The monoisotopic (exact) mass is 401 g/mol. The van der Waals surface area contributed by atoms with Crippen molar-refractivity contribution < 1.29 is 0 Å². The van der Waals surface area contributed by atoms with Crippen LogP contribution in [-0.2, 0) is 0 Å². The van der Waals surface area contributed by atoms with E-state index in [2.05, 4.69) is 28.1 Å². The number of fused-ring (bicyclic) bond motifs is 2. The molecule has 3 aromatic rings. The summed E-state index contributed by atoms with van der Waals surface area (Å²) in [5.74, 6) is 2.34. The van der Waals surface area contributed by atoms with Crippen LogP contribution >= 0.6 is 0 Å². The summed E-state index contributed by atoms with van der Waals surface area (Å²) < 4.78 is 0. The fourth-order valence-electron chi connectivity index (χ4n) is 4.97. The van der Waals surface area contributed by atoms with Gasteiger partial charge in [-0.2, -0.15) is 10.4 Å². The molecule has 1 aromatic carbocycles. The van der Waals surface area contributed by atoms with Crippen molar-refractivity contribution in [2.24, 2.45) is 11.7 Å². The fraction of sp³-hybridized carbons (Fsp3) is 0.478. The number of rotatable bonds is 3. The Labute approximate surface area is 176 Å². The first-order chi connectivity index (χ1) is 14.7. The lowest BCUT2D eigenvalue weighted by Gasteiger charge is -2.33. The molecular weight excluding hydrogens is 374 g/mol. The van der Waals surface area contributed by atoms with Gasteiger partial charge >= 0.3 is 0 Å². The van der Waals surface area contributed by atoms with Gasteiger partial charge in [-0.3, -0.25) is 5.10 Å². The van der Waals surface area contributed by atoms with E-state index in [1.165, 1.54) is 18.4 Å².